The number of piperidine rings is 1. The van der Waals surface area contributed by atoms with Gasteiger partial charge in [0, 0.05) is 38.2 Å². The van der Waals surface area contributed by atoms with E-state index in [-0.39, 0.29) is 42.1 Å². The van der Waals surface area contributed by atoms with E-state index < -0.39 is 15.8 Å². The van der Waals surface area contributed by atoms with E-state index in [4.69, 9.17) is 10.5 Å². The van der Waals surface area contributed by atoms with Crippen LogP contribution in [0.4, 0.5) is 4.39 Å². The SMILES string of the molecule is COc1cc(S(=O)(=O)N2CCCCC2CNC(=O)CCN)ccc1F. The number of amides is 1. The zero-order chi connectivity index (χ0) is 18.4. The number of hydrogen-bond donors (Lipinski definition) is 2. The third-order valence-corrected chi connectivity index (χ3v) is 6.16. The molecule has 25 heavy (non-hydrogen) atoms. The van der Waals surface area contributed by atoms with Gasteiger partial charge >= 0.3 is 0 Å². The lowest BCUT2D eigenvalue weighted by atomic mass is 10.1. The second kappa shape index (κ2) is 8.59. The molecular formula is C16H24FN3O4S. The highest BCUT2D eigenvalue weighted by Gasteiger charge is 2.34. The van der Waals surface area contributed by atoms with Crippen LogP contribution in [0.15, 0.2) is 23.1 Å². The van der Waals surface area contributed by atoms with Gasteiger partial charge in [0.25, 0.3) is 0 Å². The number of nitrogens with two attached hydrogens (primary N) is 1. The molecule has 1 aliphatic heterocycles. The Hall–Kier alpha value is -1.71. The molecule has 0 spiro atoms. The Morgan fingerprint density at radius 3 is 2.88 bits per heavy atom. The molecule has 1 aromatic carbocycles. The molecule has 0 aliphatic carbocycles. The first kappa shape index (κ1) is 19.6. The Morgan fingerprint density at radius 2 is 2.20 bits per heavy atom. The van der Waals surface area contributed by atoms with Gasteiger partial charge in [-0.15, -0.1) is 0 Å². The molecule has 1 unspecified atom stereocenters. The largest absolute Gasteiger partial charge is 0.494 e. The van der Waals surface area contributed by atoms with Gasteiger partial charge in [0.2, 0.25) is 15.9 Å². The number of rotatable bonds is 7. The third-order valence-electron chi connectivity index (χ3n) is 4.21. The monoisotopic (exact) mass is 373 g/mol. The van der Waals surface area contributed by atoms with Gasteiger partial charge in [-0.1, -0.05) is 6.42 Å². The van der Waals surface area contributed by atoms with E-state index in [1.807, 2.05) is 0 Å². The summed E-state index contributed by atoms with van der Waals surface area (Å²) in [4.78, 5) is 11.6. The molecule has 9 heteroatoms. The van der Waals surface area contributed by atoms with E-state index in [2.05, 4.69) is 5.32 Å². The minimum absolute atomic E-state index is 0.0223. The number of nitrogens with zero attached hydrogens (tertiary/aromatic N) is 1. The van der Waals surface area contributed by atoms with Crippen molar-refractivity contribution in [1.29, 1.82) is 0 Å². The fourth-order valence-corrected chi connectivity index (χ4v) is 4.59. The molecule has 1 heterocycles. The fraction of sp³-hybridized carbons (Fsp3) is 0.562. The third kappa shape index (κ3) is 4.68. The smallest absolute Gasteiger partial charge is 0.243 e. The molecule has 0 aromatic heterocycles. The Balaban J connectivity index is 2.21. The first-order chi connectivity index (χ1) is 11.9. The zero-order valence-electron chi connectivity index (χ0n) is 14.2. The average molecular weight is 373 g/mol. The van der Waals surface area contributed by atoms with Crippen LogP contribution in [-0.4, -0.2) is 51.4 Å². The van der Waals surface area contributed by atoms with Crippen molar-refractivity contribution in [3.63, 3.8) is 0 Å². The van der Waals surface area contributed by atoms with E-state index in [0.717, 1.165) is 18.9 Å². The number of carbonyl (C=O) groups is 1. The minimum atomic E-state index is -3.81. The van der Waals surface area contributed by atoms with Crippen molar-refractivity contribution in [3.05, 3.63) is 24.0 Å². The molecule has 3 N–H and O–H groups in total. The molecular weight excluding hydrogens is 349 g/mol. The van der Waals surface area contributed by atoms with Crippen molar-refractivity contribution >= 4 is 15.9 Å². The predicted octanol–water partition coefficient (Wildman–Crippen LogP) is 0.843. The Labute approximate surface area is 147 Å². The van der Waals surface area contributed by atoms with Gasteiger partial charge in [-0.2, -0.15) is 4.31 Å². The molecule has 2 rings (SSSR count). The molecule has 0 radical (unpaired) electrons. The van der Waals surface area contributed by atoms with Crippen LogP contribution in [0.3, 0.4) is 0 Å². The van der Waals surface area contributed by atoms with Gasteiger partial charge in [-0.05, 0) is 25.0 Å². The van der Waals surface area contributed by atoms with E-state index >= 15 is 0 Å². The van der Waals surface area contributed by atoms with Crippen molar-refractivity contribution < 1.29 is 22.3 Å². The van der Waals surface area contributed by atoms with Gasteiger partial charge in [0.15, 0.2) is 11.6 Å². The number of benzene rings is 1. The summed E-state index contributed by atoms with van der Waals surface area (Å²) in [5.74, 6) is -0.939. The van der Waals surface area contributed by atoms with Crippen LogP contribution in [0.5, 0.6) is 5.75 Å². The number of ether oxygens (including phenoxy) is 1. The van der Waals surface area contributed by atoms with Gasteiger partial charge in [-0.25, -0.2) is 12.8 Å². The number of halogens is 1. The summed E-state index contributed by atoms with van der Waals surface area (Å²) in [6, 6.07) is 3.15. The molecule has 0 bridgehead atoms. The van der Waals surface area contributed by atoms with Crippen molar-refractivity contribution in [1.82, 2.24) is 9.62 Å². The molecule has 1 atom stereocenters. The maximum absolute atomic E-state index is 13.6. The zero-order valence-corrected chi connectivity index (χ0v) is 15.0. The molecule has 7 nitrogen and oxygen atoms in total. The highest BCUT2D eigenvalue weighted by molar-refractivity contribution is 7.89. The van der Waals surface area contributed by atoms with Crippen molar-refractivity contribution in [2.75, 3.05) is 26.7 Å². The van der Waals surface area contributed by atoms with E-state index in [0.29, 0.717) is 13.0 Å². The highest BCUT2D eigenvalue weighted by atomic mass is 32.2. The summed E-state index contributed by atoms with van der Waals surface area (Å²) < 4.78 is 45.7. The van der Waals surface area contributed by atoms with Crippen LogP contribution >= 0.6 is 0 Å². The van der Waals surface area contributed by atoms with Crippen LogP contribution in [0.1, 0.15) is 25.7 Å². The van der Waals surface area contributed by atoms with E-state index in [1.165, 1.54) is 23.5 Å². The second-order valence-corrected chi connectivity index (χ2v) is 7.80. The summed E-state index contributed by atoms with van der Waals surface area (Å²) in [5.41, 5.74) is 5.34. The topological polar surface area (TPSA) is 102 Å². The predicted molar refractivity (Wildman–Crippen MR) is 91.2 cm³/mol. The van der Waals surface area contributed by atoms with Crippen LogP contribution in [0, 0.1) is 5.82 Å². The van der Waals surface area contributed by atoms with Crippen LogP contribution in [-0.2, 0) is 14.8 Å². The second-order valence-electron chi connectivity index (χ2n) is 5.90. The van der Waals surface area contributed by atoms with Crippen LogP contribution in [0.2, 0.25) is 0 Å². The number of sulfonamides is 1. The fourth-order valence-electron chi connectivity index (χ4n) is 2.88. The van der Waals surface area contributed by atoms with Crippen molar-refractivity contribution in [2.45, 2.75) is 36.6 Å². The van der Waals surface area contributed by atoms with Gasteiger partial charge < -0.3 is 15.8 Å². The maximum atomic E-state index is 13.6. The summed E-state index contributed by atoms with van der Waals surface area (Å²) in [5, 5.41) is 2.73. The quantitative estimate of drug-likeness (QED) is 0.738. The van der Waals surface area contributed by atoms with Crippen molar-refractivity contribution in [3.8, 4) is 5.75 Å². The molecule has 1 aliphatic rings. The normalized spacial score (nSPS) is 18.8. The summed E-state index contributed by atoms with van der Waals surface area (Å²) in [7, 11) is -2.53. The lowest BCUT2D eigenvalue weighted by Gasteiger charge is -2.34. The highest BCUT2D eigenvalue weighted by Crippen LogP contribution is 2.28. The van der Waals surface area contributed by atoms with Crippen LogP contribution < -0.4 is 15.8 Å². The average Bonchev–Trinajstić information content (AvgIpc) is 2.60. The summed E-state index contributed by atoms with van der Waals surface area (Å²) in [6.07, 6.45) is 2.48. The number of hydrogen-bond acceptors (Lipinski definition) is 5. The first-order valence-electron chi connectivity index (χ1n) is 8.22. The molecule has 140 valence electrons. The number of carbonyl (C=O) groups excluding carboxylic acids is 1. The lowest BCUT2D eigenvalue weighted by molar-refractivity contribution is -0.121. The number of nitrogens with one attached hydrogen (secondary N) is 1. The van der Waals surface area contributed by atoms with E-state index in [9.17, 15) is 17.6 Å². The summed E-state index contributed by atoms with van der Waals surface area (Å²) in [6.45, 7) is 0.837. The molecule has 1 amide bonds. The van der Waals surface area contributed by atoms with Gasteiger partial charge in [0.05, 0.1) is 12.0 Å². The lowest BCUT2D eigenvalue weighted by Crippen LogP contribution is -2.49. The Morgan fingerprint density at radius 1 is 1.44 bits per heavy atom. The first-order valence-corrected chi connectivity index (χ1v) is 9.66. The number of methoxy groups -OCH3 is 1. The maximum Gasteiger partial charge on any atom is 0.243 e. The molecule has 1 saturated heterocycles. The molecule has 1 fully saturated rings. The Bertz CT molecular complexity index is 711. The standard InChI is InChI=1S/C16H24FN3O4S/c1-24-15-10-13(5-6-14(15)17)25(22,23)20-9-3-2-4-12(20)11-19-16(21)7-8-18/h5-6,10,12H,2-4,7-9,11,18H2,1H3,(H,19,21). The van der Waals surface area contributed by atoms with Crippen molar-refractivity contribution in [2.24, 2.45) is 5.73 Å². The van der Waals surface area contributed by atoms with Gasteiger partial charge in [0.1, 0.15) is 0 Å². The molecule has 0 saturated carbocycles. The summed E-state index contributed by atoms with van der Waals surface area (Å²) >= 11 is 0. The van der Waals surface area contributed by atoms with Crippen LogP contribution in [0.25, 0.3) is 0 Å². The minimum Gasteiger partial charge on any atom is -0.494 e. The molecule has 1 aromatic rings. The van der Waals surface area contributed by atoms with E-state index in [1.54, 1.807) is 0 Å². The van der Waals surface area contributed by atoms with Gasteiger partial charge in [-0.3, -0.25) is 4.79 Å². The Kier molecular flexibility index (Phi) is 6.74.